The van der Waals surface area contributed by atoms with E-state index in [1.807, 2.05) is 48.5 Å². The van der Waals surface area contributed by atoms with E-state index in [0.29, 0.717) is 30.5 Å². The topological polar surface area (TPSA) is 100.0 Å². The summed E-state index contributed by atoms with van der Waals surface area (Å²) in [6.07, 6.45) is 5.13. The summed E-state index contributed by atoms with van der Waals surface area (Å²) in [6, 6.07) is 20.1. The molecule has 0 bridgehead atoms. The zero-order valence-electron chi connectivity index (χ0n) is 24.2. The summed E-state index contributed by atoms with van der Waals surface area (Å²) >= 11 is 3.49. The van der Waals surface area contributed by atoms with E-state index in [4.69, 9.17) is 4.65 Å². The van der Waals surface area contributed by atoms with E-state index < -0.39 is 25.1 Å². The van der Waals surface area contributed by atoms with Crippen LogP contribution in [-0.4, -0.2) is 40.2 Å². The summed E-state index contributed by atoms with van der Waals surface area (Å²) in [5.41, 5.74) is 5.15. The maximum Gasteiger partial charge on any atom is 0.455 e. The minimum atomic E-state index is -1.05. The average Bonchev–Trinajstić information content (AvgIpc) is 3.26. The first kappa shape index (κ1) is 29.5. The molecule has 0 unspecified atom stereocenters. The van der Waals surface area contributed by atoms with Crippen molar-refractivity contribution in [2.75, 3.05) is 4.90 Å². The Bertz CT molecular complexity index is 1590. The van der Waals surface area contributed by atoms with Crippen molar-refractivity contribution in [2.24, 2.45) is 23.7 Å². The van der Waals surface area contributed by atoms with Crippen LogP contribution >= 0.6 is 15.9 Å². The zero-order chi connectivity index (χ0) is 30.2. The molecule has 220 valence electrons. The molecule has 0 saturated carbocycles. The standard InChI is InChI=1S/C34H34BBrN2O5/c1-20(2)25-18-26-32(34(41)38(33(26)40)24-8-4-3-5-9-24)27-19-35(42)43-30(31(25)27)14-11-21(28-10-6-7-15-37-28)16-22-17-23(36)12-13-29(22)39/h3-10,12-13,15-17,20,26-27,30,32,39,42H,11,14,18-19H2,1-2H3/b21-16-/t26-,27+,30-,32-/m1/s1. The van der Waals surface area contributed by atoms with Crippen LogP contribution in [-0.2, 0) is 14.2 Å². The lowest BCUT2D eigenvalue weighted by Crippen LogP contribution is -2.46. The van der Waals surface area contributed by atoms with E-state index >= 15 is 0 Å². The van der Waals surface area contributed by atoms with Crippen molar-refractivity contribution >= 4 is 52.2 Å². The molecular formula is C34H34BBrN2O5. The number of hydrogen-bond acceptors (Lipinski definition) is 6. The molecule has 3 aliphatic rings. The van der Waals surface area contributed by atoms with Gasteiger partial charge in [0.15, 0.2) is 0 Å². The lowest BCUT2D eigenvalue weighted by Gasteiger charge is -2.44. The molecule has 2 fully saturated rings. The largest absolute Gasteiger partial charge is 0.507 e. The fourth-order valence-electron chi connectivity index (χ4n) is 7.02. The van der Waals surface area contributed by atoms with Gasteiger partial charge in [-0.2, -0.15) is 0 Å². The molecule has 2 N–H and O–H groups in total. The van der Waals surface area contributed by atoms with Crippen LogP contribution in [0.25, 0.3) is 11.6 Å². The van der Waals surface area contributed by atoms with Crippen molar-refractivity contribution in [2.45, 2.75) is 45.5 Å². The van der Waals surface area contributed by atoms with E-state index in [1.54, 1.807) is 30.5 Å². The Hall–Kier alpha value is -3.53. The second kappa shape index (κ2) is 12.2. The van der Waals surface area contributed by atoms with Gasteiger partial charge in [0.05, 0.1) is 29.3 Å². The quantitative estimate of drug-likeness (QED) is 0.173. The third-order valence-corrected chi connectivity index (χ3v) is 9.44. The van der Waals surface area contributed by atoms with Crippen LogP contribution in [0, 0.1) is 23.7 Å². The Labute approximate surface area is 260 Å². The number of imide groups is 1. The van der Waals surface area contributed by atoms with Gasteiger partial charge in [-0.25, -0.2) is 0 Å². The number of fused-ring (bicyclic) bond motifs is 3. The molecule has 4 atom stereocenters. The normalized spacial score (nSPS) is 24.1. The first-order chi connectivity index (χ1) is 20.7. The molecular weight excluding hydrogens is 607 g/mol. The Morgan fingerprint density at radius 1 is 1.09 bits per heavy atom. The minimum absolute atomic E-state index is 0.151. The van der Waals surface area contributed by atoms with E-state index in [9.17, 15) is 19.7 Å². The van der Waals surface area contributed by atoms with Crippen molar-refractivity contribution in [3.63, 3.8) is 0 Å². The maximum absolute atomic E-state index is 13.9. The Morgan fingerprint density at radius 3 is 2.58 bits per heavy atom. The average molecular weight is 641 g/mol. The monoisotopic (exact) mass is 640 g/mol. The number of carbonyl (C=O) groups excluding carboxylic acids is 2. The molecule has 1 aliphatic carbocycles. The number of anilines is 1. The van der Waals surface area contributed by atoms with Gasteiger partial charge >= 0.3 is 7.12 Å². The van der Waals surface area contributed by atoms with Gasteiger partial charge in [-0.1, -0.05) is 59.6 Å². The first-order valence-corrected chi connectivity index (χ1v) is 15.6. The van der Waals surface area contributed by atoms with Crippen molar-refractivity contribution < 1.29 is 24.4 Å². The second-order valence-corrected chi connectivity index (χ2v) is 12.8. The molecule has 0 spiro atoms. The molecule has 2 aliphatic heterocycles. The molecule has 6 rings (SSSR count). The highest BCUT2D eigenvalue weighted by Crippen LogP contribution is 2.52. The summed E-state index contributed by atoms with van der Waals surface area (Å²) in [6.45, 7) is 4.24. The van der Waals surface area contributed by atoms with Crippen LogP contribution in [0.2, 0.25) is 6.32 Å². The predicted octanol–water partition coefficient (Wildman–Crippen LogP) is 6.53. The number of phenolic OH excluding ortho intramolecular Hbond substituents is 1. The number of halogens is 1. The lowest BCUT2D eigenvalue weighted by molar-refractivity contribution is -0.122. The summed E-state index contributed by atoms with van der Waals surface area (Å²) in [7, 11) is -1.05. The van der Waals surface area contributed by atoms with Crippen LogP contribution in [0.5, 0.6) is 5.75 Å². The summed E-state index contributed by atoms with van der Waals surface area (Å²) in [4.78, 5) is 33.6. The number of nitrogens with zero attached hydrogens (tertiary/aromatic N) is 2. The number of phenols is 1. The molecule has 1 aromatic heterocycles. The van der Waals surface area contributed by atoms with Crippen molar-refractivity contribution in [1.82, 2.24) is 4.98 Å². The van der Waals surface area contributed by atoms with Crippen LogP contribution in [0.1, 0.15) is 44.4 Å². The molecule has 43 heavy (non-hydrogen) atoms. The van der Waals surface area contributed by atoms with E-state index in [0.717, 1.165) is 26.9 Å². The van der Waals surface area contributed by atoms with Gasteiger partial charge in [0.2, 0.25) is 11.8 Å². The number of carbonyl (C=O) groups is 2. The predicted molar refractivity (Wildman–Crippen MR) is 171 cm³/mol. The maximum atomic E-state index is 13.9. The Balaban J connectivity index is 1.35. The third kappa shape index (κ3) is 5.74. The van der Waals surface area contributed by atoms with E-state index in [-0.39, 0.29) is 35.7 Å². The number of aromatic hydroxyl groups is 1. The molecule has 2 saturated heterocycles. The van der Waals surface area contributed by atoms with Crippen molar-refractivity contribution in [1.29, 1.82) is 0 Å². The highest BCUT2D eigenvalue weighted by Gasteiger charge is 2.57. The van der Waals surface area contributed by atoms with Crippen LogP contribution in [0.4, 0.5) is 5.69 Å². The van der Waals surface area contributed by atoms with Gasteiger partial charge < -0.3 is 14.8 Å². The van der Waals surface area contributed by atoms with Gasteiger partial charge in [0.25, 0.3) is 0 Å². The van der Waals surface area contributed by atoms with E-state index in [1.165, 1.54) is 4.90 Å². The van der Waals surface area contributed by atoms with Gasteiger partial charge in [0.1, 0.15) is 5.75 Å². The molecule has 3 aromatic rings. The number of aromatic nitrogens is 1. The highest BCUT2D eigenvalue weighted by atomic mass is 79.9. The fourth-order valence-corrected chi connectivity index (χ4v) is 7.40. The van der Waals surface area contributed by atoms with Gasteiger partial charge in [0, 0.05) is 16.2 Å². The summed E-state index contributed by atoms with van der Waals surface area (Å²) in [5.74, 6) is -1.31. The molecule has 7 nitrogen and oxygen atoms in total. The molecule has 2 aromatic carbocycles. The number of benzene rings is 2. The molecule has 0 radical (unpaired) electrons. The van der Waals surface area contributed by atoms with Gasteiger partial charge in [-0.3, -0.25) is 19.5 Å². The van der Waals surface area contributed by atoms with Gasteiger partial charge in [-0.15, -0.1) is 0 Å². The molecule has 9 heteroatoms. The Kier molecular flexibility index (Phi) is 8.40. The number of pyridine rings is 1. The number of allylic oxidation sites excluding steroid dienone is 2. The lowest BCUT2D eigenvalue weighted by atomic mass is 9.57. The number of para-hydroxylation sites is 1. The number of hydrogen-bond donors (Lipinski definition) is 2. The van der Waals surface area contributed by atoms with Crippen molar-refractivity contribution in [3.8, 4) is 5.75 Å². The first-order valence-electron chi connectivity index (χ1n) is 14.8. The molecule has 2 amide bonds. The van der Waals surface area contributed by atoms with Gasteiger partial charge in [-0.05, 0) is 97.1 Å². The van der Waals surface area contributed by atoms with Crippen LogP contribution in [0.15, 0.2) is 88.5 Å². The second-order valence-electron chi connectivity index (χ2n) is 11.9. The van der Waals surface area contributed by atoms with E-state index in [2.05, 4.69) is 34.8 Å². The number of amides is 2. The zero-order valence-corrected chi connectivity index (χ0v) is 25.8. The fraction of sp³-hybridized carbons (Fsp3) is 0.324. The van der Waals surface area contributed by atoms with Crippen LogP contribution in [0.3, 0.4) is 0 Å². The summed E-state index contributed by atoms with van der Waals surface area (Å²) < 4.78 is 7.07. The SMILES string of the molecule is CC(C)C1=C2[C@@H](CC/C(=C/c3cc(Br)ccc3O)c3ccccn3)OB(O)C[C@@H]2[C@@H]2C(=O)N(c3ccccc3)C(=O)[C@@H]2C1. The third-order valence-electron chi connectivity index (χ3n) is 8.94. The summed E-state index contributed by atoms with van der Waals surface area (Å²) in [5, 5.41) is 21.5. The number of rotatable bonds is 7. The van der Waals surface area contributed by atoms with Crippen LogP contribution < -0.4 is 4.90 Å². The minimum Gasteiger partial charge on any atom is -0.507 e. The highest BCUT2D eigenvalue weighted by molar-refractivity contribution is 9.10. The van der Waals surface area contributed by atoms with Crippen molar-refractivity contribution in [3.05, 3.63) is 99.8 Å². The Morgan fingerprint density at radius 2 is 1.86 bits per heavy atom. The molecule has 3 heterocycles. The smallest absolute Gasteiger partial charge is 0.455 e.